The summed E-state index contributed by atoms with van der Waals surface area (Å²) in [7, 11) is 0. The molecular formula is C18H26FN3O. The van der Waals surface area contributed by atoms with E-state index in [9.17, 15) is 9.18 Å². The van der Waals surface area contributed by atoms with Crippen LogP contribution in [0.2, 0.25) is 0 Å². The van der Waals surface area contributed by atoms with Crippen LogP contribution in [-0.4, -0.2) is 55.0 Å². The highest BCUT2D eigenvalue weighted by molar-refractivity contribution is 5.76. The van der Waals surface area contributed by atoms with Crippen LogP contribution in [0.4, 0.5) is 4.39 Å². The molecule has 4 nitrogen and oxygen atoms in total. The number of hydrogen-bond donors (Lipinski definition) is 1. The second kappa shape index (κ2) is 7.88. The highest BCUT2D eigenvalue weighted by Gasteiger charge is 2.23. The quantitative estimate of drug-likeness (QED) is 0.920. The van der Waals surface area contributed by atoms with Gasteiger partial charge in [-0.05, 0) is 49.5 Å². The summed E-state index contributed by atoms with van der Waals surface area (Å²) in [5.41, 5.74) is 1.00. The van der Waals surface area contributed by atoms with Crippen molar-refractivity contribution in [2.24, 2.45) is 5.92 Å². The lowest BCUT2D eigenvalue weighted by Crippen LogP contribution is -2.36. The molecule has 2 fully saturated rings. The summed E-state index contributed by atoms with van der Waals surface area (Å²) in [6.07, 6.45) is 2.78. The van der Waals surface area contributed by atoms with E-state index in [2.05, 4.69) is 10.2 Å². The maximum absolute atomic E-state index is 13.3. The van der Waals surface area contributed by atoms with Crippen molar-refractivity contribution in [2.45, 2.75) is 25.8 Å². The summed E-state index contributed by atoms with van der Waals surface area (Å²) in [5, 5.41) is 3.32. The lowest BCUT2D eigenvalue weighted by Gasteiger charge is -2.23. The van der Waals surface area contributed by atoms with Gasteiger partial charge in [0.15, 0.2) is 0 Å². The van der Waals surface area contributed by atoms with E-state index < -0.39 is 0 Å². The van der Waals surface area contributed by atoms with E-state index in [1.165, 1.54) is 6.07 Å². The molecule has 2 heterocycles. The molecule has 1 N–H and O–H groups in total. The van der Waals surface area contributed by atoms with Gasteiger partial charge in [0.2, 0.25) is 5.91 Å². The highest BCUT2D eigenvalue weighted by atomic mass is 19.1. The maximum Gasteiger partial charge on any atom is 0.222 e. The van der Waals surface area contributed by atoms with Gasteiger partial charge in [0, 0.05) is 39.1 Å². The van der Waals surface area contributed by atoms with Crippen molar-refractivity contribution in [1.29, 1.82) is 0 Å². The van der Waals surface area contributed by atoms with Gasteiger partial charge in [-0.2, -0.15) is 0 Å². The molecule has 126 valence electrons. The van der Waals surface area contributed by atoms with Gasteiger partial charge in [-0.25, -0.2) is 4.39 Å². The lowest BCUT2D eigenvalue weighted by atomic mass is 10.0. The number of hydrogen-bond acceptors (Lipinski definition) is 3. The number of carbonyl (C=O) groups is 1. The van der Waals surface area contributed by atoms with Crippen molar-refractivity contribution in [3.05, 3.63) is 35.6 Å². The summed E-state index contributed by atoms with van der Waals surface area (Å²) >= 11 is 0. The van der Waals surface area contributed by atoms with E-state index in [1.807, 2.05) is 11.0 Å². The number of rotatable bonds is 4. The number of nitrogens with one attached hydrogen (secondary N) is 1. The van der Waals surface area contributed by atoms with Gasteiger partial charge in [0.05, 0.1) is 0 Å². The lowest BCUT2D eigenvalue weighted by molar-refractivity contribution is -0.131. The summed E-state index contributed by atoms with van der Waals surface area (Å²) in [6, 6.07) is 6.79. The Labute approximate surface area is 137 Å². The Morgan fingerprint density at radius 1 is 1.26 bits per heavy atom. The van der Waals surface area contributed by atoms with Crippen molar-refractivity contribution >= 4 is 5.91 Å². The highest BCUT2D eigenvalue weighted by Crippen LogP contribution is 2.16. The molecule has 0 spiro atoms. The maximum atomic E-state index is 13.3. The molecule has 0 aromatic heterocycles. The predicted octanol–water partition coefficient (Wildman–Crippen LogP) is 1.86. The van der Waals surface area contributed by atoms with E-state index in [0.717, 1.165) is 64.2 Å². The second-order valence-electron chi connectivity index (χ2n) is 6.70. The summed E-state index contributed by atoms with van der Waals surface area (Å²) in [5.74, 6) is 0.625. The minimum atomic E-state index is -0.181. The van der Waals surface area contributed by atoms with E-state index in [4.69, 9.17) is 0 Å². The third kappa shape index (κ3) is 4.75. The van der Waals surface area contributed by atoms with Gasteiger partial charge < -0.3 is 10.2 Å². The Morgan fingerprint density at radius 3 is 2.96 bits per heavy atom. The standard InChI is InChI=1S/C18H26FN3O/c19-17-4-1-3-16(11-17)14-21-7-2-8-22(10-9-21)18(23)12-15-5-6-20-13-15/h1,3-4,11,15,20H,2,5-10,12-14H2/t15-/m0/s1. The fourth-order valence-corrected chi connectivity index (χ4v) is 3.54. The average molecular weight is 319 g/mol. The van der Waals surface area contributed by atoms with Crippen LogP contribution in [0.5, 0.6) is 0 Å². The zero-order valence-corrected chi connectivity index (χ0v) is 13.6. The van der Waals surface area contributed by atoms with Crippen LogP contribution in [0.1, 0.15) is 24.8 Å². The Balaban J connectivity index is 1.49. The Morgan fingerprint density at radius 2 is 2.17 bits per heavy atom. The number of carbonyl (C=O) groups excluding carboxylic acids is 1. The Bertz CT molecular complexity index is 531. The topological polar surface area (TPSA) is 35.6 Å². The molecule has 2 saturated heterocycles. The van der Waals surface area contributed by atoms with Crippen molar-refractivity contribution < 1.29 is 9.18 Å². The number of nitrogens with zero attached hydrogens (tertiary/aromatic N) is 2. The van der Waals surface area contributed by atoms with E-state index >= 15 is 0 Å². The van der Waals surface area contributed by atoms with Gasteiger partial charge in [-0.3, -0.25) is 9.69 Å². The van der Waals surface area contributed by atoms with E-state index in [1.54, 1.807) is 12.1 Å². The first-order valence-corrected chi connectivity index (χ1v) is 8.66. The first-order valence-electron chi connectivity index (χ1n) is 8.66. The van der Waals surface area contributed by atoms with E-state index in [-0.39, 0.29) is 5.82 Å². The fraction of sp³-hybridized carbons (Fsp3) is 0.611. The minimum Gasteiger partial charge on any atom is -0.341 e. The monoisotopic (exact) mass is 319 g/mol. The molecular weight excluding hydrogens is 293 g/mol. The van der Waals surface area contributed by atoms with Crippen molar-refractivity contribution in [2.75, 3.05) is 39.3 Å². The SMILES string of the molecule is O=C(C[C@@H]1CCNC1)N1CCCN(Cc2cccc(F)c2)CC1. The molecule has 3 rings (SSSR count). The largest absolute Gasteiger partial charge is 0.341 e. The van der Waals surface area contributed by atoms with Crippen LogP contribution in [-0.2, 0) is 11.3 Å². The third-order valence-corrected chi connectivity index (χ3v) is 4.86. The average Bonchev–Trinajstić information content (AvgIpc) is 2.92. The number of benzene rings is 1. The van der Waals surface area contributed by atoms with Gasteiger partial charge in [0.25, 0.3) is 0 Å². The molecule has 2 aliphatic heterocycles. The Kier molecular flexibility index (Phi) is 5.62. The van der Waals surface area contributed by atoms with Crippen LogP contribution in [0.15, 0.2) is 24.3 Å². The molecule has 1 aromatic carbocycles. The number of halogens is 1. The molecule has 1 atom stereocenters. The van der Waals surface area contributed by atoms with Crippen molar-refractivity contribution in [3.8, 4) is 0 Å². The molecule has 0 unspecified atom stereocenters. The minimum absolute atomic E-state index is 0.181. The number of amides is 1. The van der Waals surface area contributed by atoms with Gasteiger partial charge >= 0.3 is 0 Å². The molecule has 0 radical (unpaired) electrons. The fourth-order valence-electron chi connectivity index (χ4n) is 3.54. The Hall–Kier alpha value is -1.46. The van der Waals surface area contributed by atoms with Gasteiger partial charge in [-0.1, -0.05) is 12.1 Å². The molecule has 0 aliphatic carbocycles. The zero-order chi connectivity index (χ0) is 16.1. The van der Waals surface area contributed by atoms with Gasteiger partial charge in [0.1, 0.15) is 5.82 Å². The molecule has 23 heavy (non-hydrogen) atoms. The zero-order valence-electron chi connectivity index (χ0n) is 13.6. The van der Waals surface area contributed by atoms with Crippen molar-refractivity contribution in [3.63, 3.8) is 0 Å². The summed E-state index contributed by atoms with van der Waals surface area (Å²) in [4.78, 5) is 16.8. The van der Waals surface area contributed by atoms with E-state index in [0.29, 0.717) is 18.2 Å². The van der Waals surface area contributed by atoms with Crippen LogP contribution < -0.4 is 5.32 Å². The van der Waals surface area contributed by atoms with Crippen molar-refractivity contribution in [1.82, 2.24) is 15.1 Å². The molecule has 0 bridgehead atoms. The summed E-state index contributed by atoms with van der Waals surface area (Å²) < 4.78 is 13.3. The second-order valence-corrected chi connectivity index (χ2v) is 6.70. The normalized spacial score (nSPS) is 23.0. The predicted molar refractivity (Wildman–Crippen MR) is 88.5 cm³/mol. The van der Waals surface area contributed by atoms with Crippen LogP contribution in [0.3, 0.4) is 0 Å². The first-order chi connectivity index (χ1) is 11.2. The van der Waals surface area contributed by atoms with Crippen LogP contribution in [0, 0.1) is 11.7 Å². The smallest absolute Gasteiger partial charge is 0.222 e. The van der Waals surface area contributed by atoms with Gasteiger partial charge in [-0.15, -0.1) is 0 Å². The molecule has 0 saturated carbocycles. The molecule has 2 aliphatic rings. The molecule has 5 heteroatoms. The summed E-state index contributed by atoms with van der Waals surface area (Å²) in [6.45, 7) is 6.24. The molecule has 1 amide bonds. The molecule has 1 aromatic rings. The third-order valence-electron chi connectivity index (χ3n) is 4.86. The van der Waals surface area contributed by atoms with Crippen LogP contribution in [0.25, 0.3) is 0 Å². The van der Waals surface area contributed by atoms with Crippen LogP contribution >= 0.6 is 0 Å². The first kappa shape index (κ1) is 16.4.